The Balaban J connectivity index is 1.66. The van der Waals surface area contributed by atoms with E-state index >= 15 is 0 Å². The van der Waals surface area contributed by atoms with Crippen LogP contribution in [0.15, 0.2) is 41.7 Å². The van der Waals surface area contributed by atoms with Gasteiger partial charge in [-0.25, -0.2) is 9.78 Å². The van der Waals surface area contributed by atoms with Gasteiger partial charge in [0, 0.05) is 29.4 Å². The highest BCUT2D eigenvalue weighted by Gasteiger charge is 2.37. The molecule has 7 heteroatoms. The zero-order valence-electron chi connectivity index (χ0n) is 13.4. The maximum atomic E-state index is 12.5. The van der Waals surface area contributed by atoms with Crippen LogP contribution in [-0.2, 0) is 14.3 Å². The van der Waals surface area contributed by atoms with Crippen molar-refractivity contribution < 1.29 is 19.4 Å². The third kappa shape index (κ3) is 2.77. The fourth-order valence-electron chi connectivity index (χ4n) is 3.32. The number of aromatic nitrogens is 2. The Bertz CT molecular complexity index is 919. The second-order valence-corrected chi connectivity index (χ2v) is 6.22. The Morgan fingerprint density at radius 2 is 2.20 bits per heavy atom. The Morgan fingerprint density at radius 3 is 2.96 bits per heavy atom. The molecule has 2 aliphatic rings. The lowest BCUT2D eigenvalue weighted by Crippen LogP contribution is -2.27. The van der Waals surface area contributed by atoms with E-state index in [1.165, 1.54) is 0 Å². The Kier molecular flexibility index (Phi) is 3.76. The van der Waals surface area contributed by atoms with Gasteiger partial charge < -0.3 is 20.1 Å². The molecular weight excluding hydrogens is 322 g/mol. The molecule has 1 saturated carbocycles. The van der Waals surface area contributed by atoms with Gasteiger partial charge in [0.25, 0.3) is 0 Å². The number of aliphatic carboxylic acids is 1. The zero-order chi connectivity index (χ0) is 17.4. The first kappa shape index (κ1) is 15.4. The van der Waals surface area contributed by atoms with Gasteiger partial charge in [0.15, 0.2) is 11.3 Å². The zero-order valence-corrected chi connectivity index (χ0v) is 13.4. The quantitative estimate of drug-likeness (QED) is 0.583. The molecule has 0 bridgehead atoms. The number of ketones is 1. The minimum absolute atomic E-state index is 0.00245. The van der Waals surface area contributed by atoms with Crippen molar-refractivity contribution in [2.24, 2.45) is 0 Å². The number of nitrogens with one attached hydrogen (secondary N) is 2. The summed E-state index contributed by atoms with van der Waals surface area (Å²) < 4.78 is 5.60. The number of carbonyl (C=O) groups excluding carboxylic acids is 1. The van der Waals surface area contributed by atoms with Crippen LogP contribution < -0.4 is 5.32 Å². The largest absolute Gasteiger partial charge is 0.477 e. The minimum Gasteiger partial charge on any atom is -0.477 e. The van der Waals surface area contributed by atoms with Gasteiger partial charge in [-0.15, -0.1) is 0 Å². The van der Waals surface area contributed by atoms with Crippen molar-refractivity contribution in [3.8, 4) is 0 Å². The number of aromatic amines is 1. The Hall–Kier alpha value is -3.09. The number of Topliss-reactive ketones (excluding diaryl/α,β-unsaturated/α-hetero) is 1. The lowest BCUT2D eigenvalue weighted by molar-refractivity contribution is -0.134. The average molecular weight is 339 g/mol. The molecule has 0 saturated heterocycles. The molecule has 128 valence electrons. The Morgan fingerprint density at radius 1 is 1.40 bits per heavy atom. The minimum atomic E-state index is -1.28. The highest BCUT2D eigenvalue weighted by molar-refractivity contribution is 6.26. The van der Waals surface area contributed by atoms with Crippen molar-refractivity contribution in [3.05, 3.63) is 47.3 Å². The van der Waals surface area contributed by atoms with E-state index in [-0.39, 0.29) is 23.3 Å². The monoisotopic (exact) mass is 339 g/mol. The first-order chi connectivity index (χ1) is 12.1. The predicted molar refractivity (Wildman–Crippen MR) is 90.2 cm³/mol. The third-order valence-electron chi connectivity index (χ3n) is 4.56. The lowest BCUT2D eigenvalue weighted by Gasteiger charge is -2.14. The molecule has 0 atom stereocenters. The number of fused-ring (bicyclic) bond motifs is 1. The van der Waals surface area contributed by atoms with Crippen molar-refractivity contribution in [2.45, 2.75) is 31.7 Å². The molecular formula is C18H17N3O4. The van der Waals surface area contributed by atoms with Gasteiger partial charge in [-0.05, 0) is 31.1 Å². The molecule has 1 aliphatic carbocycles. The summed E-state index contributed by atoms with van der Waals surface area (Å²) in [5.74, 6) is -1.85. The molecule has 3 N–H and O–H groups in total. The second kappa shape index (κ2) is 6.08. The van der Waals surface area contributed by atoms with E-state index in [4.69, 9.17) is 4.74 Å². The van der Waals surface area contributed by atoms with E-state index in [1.54, 1.807) is 24.5 Å². The topological polar surface area (TPSA) is 104 Å². The fourth-order valence-corrected chi connectivity index (χ4v) is 3.32. The summed E-state index contributed by atoms with van der Waals surface area (Å²) >= 11 is 0. The summed E-state index contributed by atoms with van der Waals surface area (Å²) in [6, 6.07) is 3.81. The number of carboxylic acid groups (broad SMARTS) is 1. The summed E-state index contributed by atoms with van der Waals surface area (Å²) in [5, 5.41) is 13.3. The highest BCUT2D eigenvalue weighted by atomic mass is 16.5. The van der Waals surface area contributed by atoms with Gasteiger partial charge >= 0.3 is 5.97 Å². The van der Waals surface area contributed by atoms with Gasteiger partial charge in [0.05, 0.1) is 0 Å². The van der Waals surface area contributed by atoms with Gasteiger partial charge in [0.1, 0.15) is 5.65 Å². The molecule has 1 aliphatic heterocycles. The molecule has 2 aromatic heterocycles. The van der Waals surface area contributed by atoms with Crippen LogP contribution in [-0.4, -0.2) is 32.9 Å². The van der Waals surface area contributed by atoms with Crippen LogP contribution in [0.25, 0.3) is 17.1 Å². The van der Waals surface area contributed by atoms with Crippen molar-refractivity contribution in [1.82, 2.24) is 15.3 Å². The molecule has 1 fully saturated rings. The summed E-state index contributed by atoms with van der Waals surface area (Å²) in [4.78, 5) is 31.2. The molecule has 2 aromatic rings. The molecule has 0 radical (unpaired) electrons. The normalized spacial score (nSPS) is 19.8. The predicted octanol–water partition coefficient (Wildman–Crippen LogP) is 2.33. The standard InChI is InChI=1S/C18H17N3O4/c22-15-13(8-10-9-20-16-12(10)6-3-7-19-16)25-17(14(15)18(23)24)21-11-4-1-2-5-11/h3,6-9,11,21H,1-2,4-5H2,(H,19,20)(H,23,24). The van der Waals surface area contributed by atoms with Crippen molar-refractivity contribution in [3.63, 3.8) is 0 Å². The smallest absolute Gasteiger partial charge is 0.345 e. The number of pyridine rings is 1. The van der Waals surface area contributed by atoms with Crippen LogP contribution in [0, 0.1) is 0 Å². The van der Waals surface area contributed by atoms with Crippen LogP contribution in [0.3, 0.4) is 0 Å². The van der Waals surface area contributed by atoms with E-state index in [1.807, 2.05) is 6.07 Å². The second-order valence-electron chi connectivity index (χ2n) is 6.22. The maximum Gasteiger partial charge on any atom is 0.345 e. The molecule has 25 heavy (non-hydrogen) atoms. The molecule has 4 rings (SSSR count). The molecule has 0 amide bonds. The van der Waals surface area contributed by atoms with Crippen LogP contribution in [0.2, 0.25) is 0 Å². The SMILES string of the molecule is O=C(O)C1=C(NC2CCCC2)OC(=Cc2c[nH]c3ncccc23)C1=O. The van der Waals surface area contributed by atoms with Crippen molar-refractivity contribution >= 4 is 28.9 Å². The Labute approximate surface area is 143 Å². The molecule has 0 aromatic carbocycles. The number of ether oxygens (including phenoxy) is 1. The molecule has 0 spiro atoms. The third-order valence-corrected chi connectivity index (χ3v) is 4.56. The summed E-state index contributed by atoms with van der Waals surface area (Å²) in [5.41, 5.74) is 1.07. The lowest BCUT2D eigenvalue weighted by atomic mass is 10.1. The highest BCUT2D eigenvalue weighted by Crippen LogP contribution is 2.29. The molecule has 3 heterocycles. The van der Waals surface area contributed by atoms with Crippen molar-refractivity contribution in [2.75, 3.05) is 0 Å². The van der Waals surface area contributed by atoms with Crippen LogP contribution in [0.1, 0.15) is 31.2 Å². The average Bonchev–Trinajstić information content (AvgIpc) is 3.30. The van der Waals surface area contributed by atoms with Gasteiger partial charge in [-0.3, -0.25) is 4.79 Å². The van der Waals surface area contributed by atoms with E-state index in [0.29, 0.717) is 5.65 Å². The van der Waals surface area contributed by atoms with Crippen molar-refractivity contribution in [1.29, 1.82) is 0 Å². The number of H-pyrrole nitrogens is 1. The number of nitrogens with zero attached hydrogens (tertiary/aromatic N) is 1. The fraction of sp³-hybridized carbons (Fsp3) is 0.278. The summed E-state index contributed by atoms with van der Waals surface area (Å²) in [7, 11) is 0. The van der Waals surface area contributed by atoms with Gasteiger partial charge in [-0.1, -0.05) is 12.8 Å². The first-order valence-corrected chi connectivity index (χ1v) is 8.24. The van der Waals surface area contributed by atoms with Gasteiger partial charge in [-0.2, -0.15) is 0 Å². The molecule has 7 nitrogen and oxygen atoms in total. The van der Waals surface area contributed by atoms with E-state index < -0.39 is 11.8 Å². The van der Waals surface area contributed by atoms with E-state index in [2.05, 4.69) is 15.3 Å². The summed E-state index contributed by atoms with van der Waals surface area (Å²) in [6.07, 6.45) is 9.00. The first-order valence-electron chi connectivity index (χ1n) is 8.24. The number of allylic oxidation sites excluding steroid dienone is 1. The van der Waals surface area contributed by atoms with Gasteiger partial charge in [0.2, 0.25) is 11.7 Å². The van der Waals surface area contributed by atoms with E-state index in [0.717, 1.165) is 36.6 Å². The van der Waals surface area contributed by atoms with Crippen LogP contribution >= 0.6 is 0 Å². The molecule has 0 unspecified atom stereocenters. The summed E-state index contributed by atoms with van der Waals surface area (Å²) in [6.45, 7) is 0. The number of carbonyl (C=O) groups is 2. The number of rotatable bonds is 4. The number of hydrogen-bond donors (Lipinski definition) is 3. The van der Waals surface area contributed by atoms with Crippen LogP contribution in [0.5, 0.6) is 0 Å². The van der Waals surface area contributed by atoms with E-state index in [9.17, 15) is 14.7 Å². The maximum absolute atomic E-state index is 12.5. The number of carboxylic acids is 1. The number of hydrogen-bond acceptors (Lipinski definition) is 5. The van der Waals surface area contributed by atoms with Crippen LogP contribution in [0.4, 0.5) is 0 Å².